The number of hydrogen-bond donors (Lipinski definition) is 1. The molecule has 0 aliphatic heterocycles. The predicted molar refractivity (Wildman–Crippen MR) is 71.5 cm³/mol. The minimum absolute atomic E-state index is 0.0709. The molecule has 0 atom stereocenters. The zero-order chi connectivity index (χ0) is 12.4. The highest BCUT2D eigenvalue weighted by atomic mass is 35.5. The van der Waals surface area contributed by atoms with Crippen LogP contribution in [0.3, 0.4) is 0 Å². The summed E-state index contributed by atoms with van der Waals surface area (Å²) in [6, 6.07) is 5.75. The van der Waals surface area contributed by atoms with E-state index in [9.17, 15) is 5.11 Å². The summed E-state index contributed by atoms with van der Waals surface area (Å²) in [5.74, 6) is 0.637. The Hall–Kier alpha value is -0.280. The van der Waals surface area contributed by atoms with Gasteiger partial charge in [-0.15, -0.1) is 0 Å². The van der Waals surface area contributed by atoms with E-state index in [2.05, 4.69) is 11.9 Å². The van der Waals surface area contributed by atoms with Gasteiger partial charge >= 0.3 is 0 Å². The first-order valence-electron chi connectivity index (χ1n) is 5.85. The molecule has 2 rings (SSSR count). The van der Waals surface area contributed by atoms with Gasteiger partial charge in [0.25, 0.3) is 0 Å². The average Bonchev–Trinajstić information content (AvgIpc) is 2.21. The van der Waals surface area contributed by atoms with E-state index < -0.39 is 0 Å². The van der Waals surface area contributed by atoms with E-state index in [0.29, 0.717) is 16.0 Å². The first-order valence-corrected chi connectivity index (χ1v) is 6.60. The van der Waals surface area contributed by atoms with Crippen molar-refractivity contribution in [3.63, 3.8) is 0 Å². The Morgan fingerprint density at radius 3 is 2.59 bits per heavy atom. The van der Waals surface area contributed by atoms with Crippen molar-refractivity contribution in [1.29, 1.82) is 0 Å². The van der Waals surface area contributed by atoms with Crippen LogP contribution in [0.1, 0.15) is 18.4 Å². The fourth-order valence-corrected chi connectivity index (χ4v) is 2.63. The Morgan fingerprint density at radius 1 is 1.29 bits per heavy atom. The fraction of sp³-hybridized carbons (Fsp3) is 0.538. The second-order valence-corrected chi connectivity index (χ2v) is 5.75. The zero-order valence-corrected chi connectivity index (χ0v) is 11.4. The largest absolute Gasteiger partial charge is 0.393 e. The maximum atomic E-state index is 9.24. The van der Waals surface area contributed by atoms with E-state index in [4.69, 9.17) is 23.2 Å². The van der Waals surface area contributed by atoms with Gasteiger partial charge in [-0.3, -0.25) is 0 Å². The number of aliphatic hydroxyl groups excluding tert-OH is 1. The molecule has 0 bridgehead atoms. The molecule has 1 N–H and O–H groups in total. The maximum absolute atomic E-state index is 9.24. The molecule has 0 spiro atoms. The molecule has 4 heteroatoms. The molecule has 1 aliphatic carbocycles. The molecule has 1 aliphatic rings. The van der Waals surface area contributed by atoms with Crippen molar-refractivity contribution in [3.05, 3.63) is 33.8 Å². The van der Waals surface area contributed by atoms with Gasteiger partial charge in [-0.25, -0.2) is 0 Å². The number of benzene rings is 1. The van der Waals surface area contributed by atoms with Gasteiger partial charge in [-0.1, -0.05) is 29.3 Å². The minimum Gasteiger partial charge on any atom is -0.393 e. The zero-order valence-electron chi connectivity index (χ0n) is 9.87. The molecule has 17 heavy (non-hydrogen) atoms. The van der Waals surface area contributed by atoms with Crippen LogP contribution in [0.5, 0.6) is 0 Å². The quantitative estimate of drug-likeness (QED) is 0.911. The summed E-state index contributed by atoms with van der Waals surface area (Å²) in [7, 11) is 2.09. The summed E-state index contributed by atoms with van der Waals surface area (Å²) in [5.41, 5.74) is 1.17. The number of aliphatic hydroxyl groups is 1. The Balaban J connectivity index is 1.85. The van der Waals surface area contributed by atoms with Gasteiger partial charge in [0.1, 0.15) is 0 Å². The lowest BCUT2D eigenvalue weighted by molar-refractivity contribution is 0.0274. The Morgan fingerprint density at radius 2 is 2.00 bits per heavy atom. The monoisotopic (exact) mass is 273 g/mol. The molecule has 0 amide bonds. The van der Waals surface area contributed by atoms with Crippen molar-refractivity contribution < 1.29 is 5.11 Å². The van der Waals surface area contributed by atoms with Crippen LogP contribution in [-0.4, -0.2) is 29.7 Å². The summed E-state index contributed by atoms with van der Waals surface area (Å²) in [5, 5.41) is 10.4. The molecule has 0 saturated heterocycles. The van der Waals surface area contributed by atoms with Crippen molar-refractivity contribution in [2.45, 2.75) is 25.5 Å². The van der Waals surface area contributed by atoms with E-state index >= 15 is 0 Å². The molecule has 1 aromatic carbocycles. The molecule has 0 unspecified atom stereocenters. The van der Waals surface area contributed by atoms with Crippen LogP contribution in [0.2, 0.25) is 10.0 Å². The molecule has 94 valence electrons. The summed E-state index contributed by atoms with van der Waals surface area (Å²) in [4.78, 5) is 2.26. The first kappa shape index (κ1) is 13.2. The standard InChI is InChI=1S/C13H17Cl2NO/c1-16(8-10-4-11(17)5-10)7-9-2-3-12(14)13(15)6-9/h2-3,6,10-11,17H,4-5,7-8H2,1H3. The maximum Gasteiger partial charge on any atom is 0.0595 e. The predicted octanol–water partition coefficient (Wildman–Crippen LogP) is 3.20. The molecule has 0 aromatic heterocycles. The molecular weight excluding hydrogens is 257 g/mol. The van der Waals surface area contributed by atoms with Crippen LogP contribution in [0.25, 0.3) is 0 Å². The highest BCUT2D eigenvalue weighted by Gasteiger charge is 2.27. The van der Waals surface area contributed by atoms with Gasteiger partial charge in [0, 0.05) is 13.1 Å². The SMILES string of the molecule is CN(Cc1ccc(Cl)c(Cl)c1)CC1CC(O)C1. The van der Waals surface area contributed by atoms with Crippen LogP contribution in [0.15, 0.2) is 18.2 Å². The van der Waals surface area contributed by atoms with Gasteiger partial charge in [0.15, 0.2) is 0 Å². The second-order valence-electron chi connectivity index (χ2n) is 4.94. The average molecular weight is 274 g/mol. The number of rotatable bonds is 4. The lowest BCUT2D eigenvalue weighted by Gasteiger charge is -2.34. The van der Waals surface area contributed by atoms with Crippen LogP contribution in [0.4, 0.5) is 0 Å². The third kappa shape index (κ3) is 3.59. The summed E-state index contributed by atoms with van der Waals surface area (Å²) in [6.45, 7) is 1.89. The van der Waals surface area contributed by atoms with Crippen molar-refractivity contribution >= 4 is 23.2 Å². The van der Waals surface area contributed by atoms with Crippen molar-refractivity contribution in [3.8, 4) is 0 Å². The summed E-state index contributed by atoms with van der Waals surface area (Å²) < 4.78 is 0. The van der Waals surface area contributed by atoms with Gasteiger partial charge in [0.2, 0.25) is 0 Å². The highest BCUT2D eigenvalue weighted by Crippen LogP contribution is 2.28. The van der Waals surface area contributed by atoms with E-state index in [0.717, 1.165) is 25.9 Å². The van der Waals surface area contributed by atoms with E-state index in [1.807, 2.05) is 18.2 Å². The van der Waals surface area contributed by atoms with E-state index in [-0.39, 0.29) is 6.10 Å². The van der Waals surface area contributed by atoms with Gasteiger partial charge in [0.05, 0.1) is 16.1 Å². The van der Waals surface area contributed by atoms with Crippen LogP contribution >= 0.6 is 23.2 Å². The van der Waals surface area contributed by atoms with Gasteiger partial charge in [-0.2, -0.15) is 0 Å². The second kappa shape index (κ2) is 5.57. The van der Waals surface area contributed by atoms with Gasteiger partial charge in [-0.05, 0) is 43.5 Å². The van der Waals surface area contributed by atoms with Crippen molar-refractivity contribution in [2.24, 2.45) is 5.92 Å². The number of hydrogen-bond acceptors (Lipinski definition) is 2. The molecule has 2 nitrogen and oxygen atoms in total. The van der Waals surface area contributed by atoms with E-state index in [1.54, 1.807) is 0 Å². The lowest BCUT2D eigenvalue weighted by Crippen LogP contribution is -2.36. The number of nitrogens with zero attached hydrogens (tertiary/aromatic N) is 1. The summed E-state index contributed by atoms with van der Waals surface area (Å²) in [6.07, 6.45) is 1.80. The normalized spacial score (nSPS) is 23.8. The number of halogens is 2. The highest BCUT2D eigenvalue weighted by molar-refractivity contribution is 6.42. The molecule has 0 heterocycles. The van der Waals surface area contributed by atoms with Crippen LogP contribution < -0.4 is 0 Å². The molecular formula is C13H17Cl2NO. The lowest BCUT2D eigenvalue weighted by atomic mass is 9.82. The fourth-order valence-electron chi connectivity index (χ4n) is 2.30. The molecule has 0 radical (unpaired) electrons. The van der Waals surface area contributed by atoms with Crippen molar-refractivity contribution in [1.82, 2.24) is 4.90 Å². The van der Waals surface area contributed by atoms with Crippen LogP contribution in [-0.2, 0) is 6.54 Å². The minimum atomic E-state index is -0.0709. The third-order valence-corrected chi connectivity index (χ3v) is 3.96. The Kier molecular flexibility index (Phi) is 4.31. The molecule has 1 aromatic rings. The Bertz CT molecular complexity index is 391. The Labute approximate surface area is 112 Å². The summed E-state index contributed by atoms with van der Waals surface area (Å²) >= 11 is 11.9. The third-order valence-electron chi connectivity index (χ3n) is 3.22. The van der Waals surface area contributed by atoms with Gasteiger partial charge < -0.3 is 10.0 Å². The van der Waals surface area contributed by atoms with E-state index in [1.165, 1.54) is 5.56 Å². The first-order chi connectivity index (χ1) is 8.04. The topological polar surface area (TPSA) is 23.5 Å². The van der Waals surface area contributed by atoms with Crippen LogP contribution in [0, 0.1) is 5.92 Å². The molecule has 1 fully saturated rings. The smallest absolute Gasteiger partial charge is 0.0595 e. The molecule has 1 saturated carbocycles. The van der Waals surface area contributed by atoms with Crippen molar-refractivity contribution in [2.75, 3.05) is 13.6 Å².